The Bertz CT molecular complexity index is 1350. The van der Waals surface area contributed by atoms with Crippen LogP contribution in [-0.4, -0.2) is 11.6 Å². The van der Waals surface area contributed by atoms with Crippen LogP contribution in [-0.2, 0) is 13.1 Å². The highest BCUT2D eigenvalue weighted by atomic mass is 79.9. The van der Waals surface area contributed by atoms with Gasteiger partial charge in [-0.3, -0.25) is 9.69 Å². The zero-order chi connectivity index (χ0) is 21.5. The maximum absolute atomic E-state index is 13.2. The van der Waals surface area contributed by atoms with Crippen molar-refractivity contribution in [2.75, 3.05) is 6.73 Å². The van der Waals surface area contributed by atoms with E-state index in [0.717, 1.165) is 26.9 Å². The molecule has 0 unspecified atom stereocenters. The fourth-order valence-corrected chi connectivity index (χ4v) is 4.51. The first kappa shape index (κ1) is 20.6. The third-order valence-corrected chi connectivity index (χ3v) is 6.47. The van der Waals surface area contributed by atoms with E-state index in [1.165, 1.54) is 6.26 Å². The number of nitrogens with zero attached hydrogens (tertiary/aromatic N) is 1. The molecule has 0 N–H and O–H groups in total. The van der Waals surface area contributed by atoms with Crippen molar-refractivity contribution >= 4 is 50.1 Å². The highest BCUT2D eigenvalue weighted by molar-refractivity contribution is 9.10. The molecule has 0 atom stereocenters. The molecule has 0 spiro atoms. The van der Waals surface area contributed by atoms with E-state index in [0.29, 0.717) is 46.4 Å². The van der Waals surface area contributed by atoms with Gasteiger partial charge in [-0.1, -0.05) is 57.3 Å². The second-order valence-corrected chi connectivity index (χ2v) is 9.16. The van der Waals surface area contributed by atoms with Crippen molar-refractivity contribution < 1.29 is 9.15 Å². The van der Waals surface area contributed by atoms with Gasteiger partial charge in [-0.05, 0) is 47.5 Å². The molecule has 7 heteroatoms. The van der Waals surface area contributed by atoms with Gasteiger partial charge in [0.05, 0.1) is 16.5 Å². The Morgan fingerprint density at radius 3 is 2.61 bits per heavy atom. The van der Waals surface area contributed by atoms with Crippen molar-refractivity contribution in [2.24, 2.45) is 0 Å². The summed E-state index contributed by atoms with van der Waals surface area (Å²) in [6, 6.07) is 16.7. The molecule has 3 aromatic carbocycles. The molecule has 0 saturated carbocycles. The summed E-state index contributed by atoms with van der Waals surface area (Å²) in [6.45, 7) is 1.58. The number of ether oxygens (including phenoxy) is 1. The minimum absolute atomic E-state index is 0.0655. The molecular formula is C24H16BrCl2NO3. The van der Waals surface area contributed by atoms with E-state index in [9.17, 15) is 4.79 Å². The summed E-state index contributed by atoms with van der Waals surface area (Å²) in [4.78, 5) is 15.3. The third-order valence-electron chi connectivity index (χ3n) is 5.35. The molecule has 0 fully saturated rings. The summed E-state index contributed by atoms with van der Waals surface area (Å²) in [5.74, 6) is 0.727. The molecule has 4 aromatic rings. The molecule has 0 bridgehead atoms. The third kappa shape index (κ3) is 3.99. The van der Waals surface area contributed by atoms with Crippen LogP contribution in [0.5, 0.6) is 5.75 Å². The second kappa shape index (κ2) is 8.32. The second-order valence-electron chi connectivity index (χ2n) is 7.40. The summed E-state index contributed by atoms with van der Waals surface area (Å²) < 4.78 is 12.9. The Balaban J connectivity index is 1.51. The summed E-state index contributed by atoms with van der Waals surface area (Å²) >= 11 is 15.8. The zero-order valence-electron chi connectivity index (χ0n) is 16.2. The number of benzene rings is 3. The van der Waals surface area contributed by atoms with Crippen LogP contribution in [0, 0.1) is 0 Å². The van der Waals surface area contributed by atoms with Gasteiger partial charge in [-0.25, -0.2) is 0 Å². The predicted molar refractivity (Wildman–Crippen MR) is 127 cm³/mol. The van der Waals surface area contributed by atoms with Crippen molar-refractivity contribution in [2.45, 2.75) is 13.1 Å². The van der Waals surface area contributed by atoms with Crippen LogP contribution < -0.4 is 10.2 Å². The Morgan fingerprint density at radius 1 is 1.03 bits per heavy atom. The van der Waals surface area contributed by atoms with Crippen molar-refractivity contribution in [3.63, 3.8) is 0 Å². The molecule has 1 aliphatic rings. The SMILES string of the molecule is O=c1c(-c2ccc(Br)cc2)coc2c3c(ccc12)OCN(Cc1ccc(Cl)cc1Cl)C3. The Labute approximate surface area is 197 Å². The first-order valence-electron chi connectivity index (χ1n) is 9.62. The smallest absolute Gasteiger partial charge is 0.200 e. The summed E-state index contributed by atoms with van der Waals surface area (Å²) in [5, 5.41) is 1.75. The Hall–Kier alpha value is -2.31. The van der Waals surface area contributed by atoms with Crippen LogP contribution in [0.3, 0.4) is 0 Å². The van der Waals surface area contributed by atoms with Crippen LogP contribution in [0.15, 0.2) is 74.5 Å². The van der Waals surface area contributed by atoms with Crippen molar-refractivity contribution in [3.05, 3.63) is 96.7 Å². The Kier molecular flexibility index (Phi) is 5.52. The van der Waals surface area contributed by atoms with Gasteiger partial charge in [0.2, 0.25) is 5.43 Å². The highest BCUT2D eigenvalue weighted by Gasteiger charge is 2.23. The Morgan fingerprint density at radius 2 is 1.84 bits per heavy atom. The minimum atomic E-state index is -0.0655. The van der Waals surface area contributed by atoms with Crippen molar-refractivity contribution in [1.29, 1.82) is 0 Å². The van der Waals surface area contributed by atoms with Crippen molar-refractivity contribution in [3.8, 4) is 16.9 Å². The molecule has 0 aliphatic carbocycles. The quantitative estimate of drug-likeness (QED) is 0.297. The maximum Gasteiger partial charge on any atom is 0.200 e. The van der Waals surface area contributed by atoms with E-state index < -0.39 is 0 Å². The van der Waals surface area contributed by atoms with E-state index >= 15 is 0 Å². The molecular weight excluding hydrogens is 501 g/mol. The molecule has 156 valence electrons. The molecule has 2 heterocycles. The largest absolute Gasteiger partial charge is 0.478 e. The van der Waals surface area contributed by atoms with Gasteiger partial charge in [0, 0.05) is 27.6 Å². The number of halogens is 3. The molecule has 1 aromatic heterocycles. The summed E-state index contributed by atoms with van der Waals surface area (Å²) in [7, 11) is 0. The van der Waals surface area contributed by atoms with Gasteiger partial charge in [0.15, 0.2) is 0 Å². The van der Waals surface area contributed by atoms with E-state index in [2.05, 4.69) is 20.8 Å². The molecule has 5 rings (SSSR count). The molecule has 31 heavy (non-hydrogen) atoms. The van der Waals surface area contributed by atoms with Crippen molar-refractivity contribution in [1.82, 2.24) is 4.90 Å². The molecule has 0 amide bonds. The predicted octanol–water partition coefficient (Wildman–Crippen LogP) is 6.88. The molecule has 0 radical (unpaired) electrons. The number of rotatable bonds is 3. The number of fused-ring (bicyclic) bond motifs is 3. The fourth-order valence-electron chi connectivity index (χ4n) is 3.78. The first-order chi connectivity index (χ1) is 15.0. The van der Waals surface area contributed by atoms with E-state index in [1.54, 1.807) is 12.1 Å². The van der Waals surface area contributed by atoms with Crippen LogP contribution in [0.4, 0.5) is 0 Å². The standard InChI is InChI=1S/C24H16BrCl2NO3/c25-16-4-1-14(2-5-16)20-12-30-24-18(23(20)29)7-8-22-19(24)11-28(13-31-22)10-15-3-6-17(26)9-21(15)27/h1-9,12H,10-11,13H2. The average Bonchev–Trinajstić information content (AvgIpc) is 2.76. The normalized spacial score (nSPS) is 13.8. The van der Waals surface area contributed by atoms with Gasteiger partial charge in [0.1, 0.15) is 24.3 Å². The van der Waals surface area contributed by atoms with Gasteiger partial charge in [-0.15, -0.1) is 0 Å². The van der Waals surface area contributed by atoms with E-state index in [4.69, 9.17) is 32.4 Å². The van der Waals surface area contributed by atoms with Crippen LogP contribution in [0.2, 0.25) is 10.0 Å². The van der Waals surface area contributed by atoms with Gasteiger partial charge in [0.25, 0.3) is 0 Å². The monoisotopic (exact) mass is 515 g/mol. The summed E-state index contributed by atoms with van der Waals surface area (Å²) in [6.07, 6.45) is 1.53. The minimum Gasteiger partial charge on any atom is -0.478 e. The van der Waals surface area contributed by atoms with E-state index in [-0.39, 0.29) is 5.43 Å². The van der Waals surface area contributed by atoms with Crippen LogP contribution in [0.25, 0.3) is 22.1 Å². The highest BCUT2D eigenvalue weighted by Crippen LogP contribution is 2.33. The average molecular weight is 517 g/mol. The topological polar surface area (TPSA) is 42.7 Å². The first-order valence-corrected chi connectivity index (χ1v) is 11.2. The lowest BCUT2D eigenvalue weighted by atomic mass is 10.0. The number of hydrogen-bond acceptors (Lipinski definition) is 4. The van der Waals surface area contributed by atoms with Gasteiger partial charge >= 0.3 is 0 Å². The van der Waals surface area contributed by atoms with Gasteiger partial charge in [-0.2, -0.15) is 0 Å². The molecule has 1 aliphatic heterocycles. The van der Waals surface area contributed by atoms with Gasteiger partial charge < -0.3 is 9.15 Å². The van der Waals surface area contributed by atoms with Crippen LogP contribution >= 0.6 is 39.1 Å². The molecule has 0 saturated heterocycles. The molecule has 4 nitrogen and oxygen atoms in total. The van der Waals surface area contributed by atoms with E-state index in [1.807, 2.05) is 42.5 Å². The lowest BCUT2D eigenvalue weighted by Crippen LogP contribution is -2.31. The summed E-state index contributed by atoms with van der Waals surface area (Å²) in [5.41, 5.74) is 3.64. The zero-order valence-corrected chi connectivity index (χ0v) is 19.3. The number of hydrogen-bond donors (Lipinski definition) is 0. The maximum atomic E-state index is 13.2. The lowest BCUT2D eigenvalue weighted by molar-refractivity contribution is 0.0890. The lowest BCUT2D eigenvalue weighted by Gasteiger charge is -2.29. The fraction of sp³-hybridized carbons (Fsp3) is 0.125. The van der Waals surface area contributed by atoms with Crippen LogP contribution in [0.1, 0.15) is 11.1 Å².